The van der Waals surface area contributed by atoms with Gasteiger partial charge in [-0.25, -0.2) is 9.37 Å². The second-order valence-corrected chi connectivity index (χ2v) is 4.16. The lowest BCUT2D eigenvalue weighted by molar-refractivity contribution is 0.465. The first-order chi connectivity index (χ1) is 8.68. The highest BCUT2D eigenvalue weighted by molar-refractivity contribution is 5.81. The Bertz CT molecular complexity index is 713. The van der Waals surface area contributed by atoms with Crippen molar-refractivity contribution in [3.8, 4) is 11.4 Å². The summed E-state index contributed by atoms with van der Waals surface area (Å²) in [5, 5.41) is 9.80. The van der Waals surface area contributed by atoms with Crippen molar-refractivity contribution in [1.82, 2.24) is 9.55 Å². The quantitative estimate of drug-likeness (QED) is 0.711. The fraction of sp³-hybridized carbons (Fsp3) is 0.0714. The van der Waals surface area contributed by atoms with Gasteiger partial charge in [0, 0.05) is 0 Å². The third-order valence-electron chi connectivity index (χ3n) is 2.98. The first-order valence-corrected chi connectivity index (χ1v) is 5.59. The predicted molar refractivity (Wildman–Crippen MR) is 67.4 cm³/mol. The van der Waals surface area contributed by atoms with Gasteiger partial charge in [-0.1, -0.05) is 18.2 Å². The molecule has 0 saturated heterocycles. The van der Waals surface area contributed by atoms with Gasteiger partial charge in [0.2, 0.25) is 0 Å². The molecule has 0 aliphatic carbocycles. The van der Waals surface area contributed by atoms with Gasteiger partial charge in [0.15, 0.2) is 5.82 Å². The zero-order valence-corrected chi connectivity index (χ0v) is 9.76. The van der Waals surface area contributed by atoms with E-state index in [4.69, 9.17) is 0 Å². The van der Waals surface area contributed by atoms with Crippen molar-refractivity contribution in [2.45, 2.75) is 6.92 Å². The molecular formula is C14H11FN2O. The molecule has 0 atom stereocenters. The maximum Gasteiger partial charge on any atom is 0.151 e. The van der Waals surface area contributed by atoms with E-state index in [9.17, 15) is 9.50 Å². The van der Waals surface area contributed by atoms with E-state index in [1.54, 1.807) is 4.57 Å². The summed E-state index contributed by atoms with van der Waals surface area (Å²) >= 11 is 0. The van der Waals surface area contributed by atoms with Crippen molar-refractivity contribution in [2.24, 2.45) is 0 Å². The number of aromatic hydroxyl groups is 1. The smallest absolute Gasteiger partial charge is 0.151 e. The van der Waals surface area contributed by atoms with Gasteiger partial charge in [0.05, 0.1) is 11.0 Å². The van der Waals surface area contributed by atoms with E-state index in [0.717, 1.165) is 16.6 Å². The van der Waals surface area contributed by atoms with Crippen molar-refractivity contribution in [1.29, 1.82) is 0 Å². The fourth-order valence-electron chi connectivity index (χ4n) is 2.10. The summed E-state index contributed by atoms with van der Waals surface area (Å²) in [6.45, 7) is 1.95. The highest BCUT2D eigenvalue weighted by atomic mass is 19.1. The average molecular weight is 242 g/mol. The number of hydrogen-bond acceptors (Lipinski definition) is 2. The van der Waals surface area contributed by atoms with E-state index in [0.29, 0.717) is 0 Å². The van der Waals surface area contributed by atoms with Crippen LogP contribution in [0.1, 0.15) is 5.56 Å². The lowest BCUT2D eigenvalue weighted by Crippen LogP contribution is -1.96. The van der Waals surface area contributed by atoms with Crippen LogP contribution in [0.3, 0.4) is 0 Å². The molecule has 90 valence electrons. The molecule has 0 radical (unpaired) electrons. The molecule has 2 aromatic carbocycles. The van der Waals surface area contributed by atoms with Gasteiger partial charge in [-0.3, -0.25) is 4.57 Å². The van der Waals surface area contributed by atoms with Gasteiger partial charge in [0.25, 0.3) is 0 Å². The molecule has 0 aliphatic heterocycles. The second-order valence-electron chi connectivity index (χ2n) is 4.16. The van der Waals surface area contributed by atoms with E-state index in [2.05, 4.69) is 4.98 Å². The lowest BCUT2D eigenvalue weighted by atomic mass is 10.2. The number of aromatic nitrogens is 2. The van der Waals surface area contributed by atoms with Crippen LogP contribution < -0.4 is 0 Å². The zero-order chi connectivity index (χ0) is 12.7. The third-order valence-corrected chi connectivity index (χ3v) is 2.98. The molecule has 0 fully saturated rings. The van der Waals surface area contributed by atoms with E-state index < -0.39 is 5.82 Å². The average Bonchev–Trinajstić information content (AvgIpc) is 2.75. The number of aryl methyl sites for hydroxylation is 1. The van der Waals surface area contributed by atoms with E-state index >= 15 is 0 Å². The summed E-state index contributed by atoms with van der Waals surface area (Å²) < 4.78 is 15.4. The summed E-state index contributed by atoms with van der Waals surface area (Å²) in [4.78, 5) is 4.26. The standard InChI is InChI=1S/C14H11FN2O/c1-9-4-2-6-11-13(9)16-8-17(11)14-10(15)5-3-7-12(14)18/h2-8,18H,1H3. The van der Waals surface area contributed by atoms with Crippen molar-refractivity contribution < 1.29 is 9.50 Å². The van der Waals surface area contributed by atoms with Gasteiger partial charge < -0.3 is 5.11 Å². The number of fused-ring (bicyclic) bond motifs is 1. The minimum atomic E-state index is -0.476. The van der Waals surface area contributed by atoms with E-state index in [1.807, 2.05) is 25.1 Å². The SMILES string of the molecule is Cc1cccc2c1ncn2-c1c(O)cccc1F. The first-order valence-electron chi connectivity index (χ1n) is 5.59. The van der Waals surface area contributed by atoms with Gasteiger partial charge in [-0.2, -0.15) is 0 Å². The number of para-hydroxylation sites is 2. The van der Waals surface area contributed by atoms with Gasteiger partial charge in [-0.05, 0) is 30.7 Å². The fourth-order valence-corrected chi connectivity index (χ4v) is 2.10. The van der Waals surface area contributed by atoms with E-state index in [-0.39, 0.29) is 11.4 Å². The molecule has 0 bridgehead atoms. The van der Waals surface area contributed by atoms with Crippen LogP contribution >= 0.6 is 0 Å². The highest BCUT2D eigenvalue weighted by Gasteiger charge is 2.13. The van der Waals surface area contributed by atoms with Crippen LogP contribution in [-0.4, -0.2) is 14.7 Å². The molecule has 18 heavy (non-hydrogen) atoms. The van der Waals surface area contributed by atoms with Crippen molar-refractivity contribution in [3.63, 3.8) is 0 Å². The molecule has 0 aliphatic rings. The van der Waals surface area contributed by atoms with Crippen molar-refractivity contribution >= 4 is 11.0 Å². The molecule has 1 heterocycles. The lowest BCUT2D eigenvalue weighted by Gasteiger charge is -2.08. The molecule has 0 spiro atoms. The molecule has 0 saturated carbocycles. The van der Waals surface area contributed by atoms with Crippen molar-refractivity contribution in [2.75, 3.05) is 0 Å². The van der Waals surface area contributed by atoms with Gasteiger partial charge >= 0.3 is 0 Å². The topological polar surface area (TPSA) is 38.0 Å². The number of imidazole rings is 1. The van der Waals surface area contributed by atoms with Crippen LogP contribution in [0.4, 0.5) is 4.39 Å². The Labute approximate surface area is 103 Å². The molecule has 3 rings (SSSR count). The molecule has 1 N–H and O–H groups in total. The van der Waals surface area contributed by atoms with Gasteiger partial charge in [0.1, 0.15) is 17.8 Å². The first kappa shape index (κ1) is 10.8. The summed E-state index contributed by atoms with van der Waals surface area (Å²) in [7, 11) is 0. The number of nitrogens with zero attached hydrogens (tertiary/aromatic N) is 2. The number of phenols is 1. The Morgan fingerprint density at radius 2 is 1.94 bits per heavy atom. The highest BCUT2D eigenvalue weighted by Crippen LogP contribution is 2.28. The zero-order valence-electron chi connectivity index (χ0n) is 9.76. The maximum absolute atomic E-state index is 13.8. The Morgan fingerprint density at radius 1 is 1.17 bits per heavy atom. The summed E-state index contributed by atoms with van der Waals surface area (Å²) in [5.74, 6) is -0.577. The van der Waals surface area contributed by atoms with Crippen LogP contribution in [-0.2, 0) is 0 Å². The van der Waals surface area contributed by atoms with Crippen molar-refractivity contribution in [3.05, 3.63) is 54.1 Å². The number of rotatable bonds is 1. The summed E-state index contributed by atoms with van der Waals surface area (Å²) in [6, 6.07) is 9.92. The number of halogens is 1. The second kappa shape index (κ2) is 3.84. The Balaban J connectivity index is 2.36. The number of phenolic OH excluding ortho intramolecular Hbond substituents is 1. The van der Waals surface area contributed by atoms with Crippen LogP contribution in [0.25, 0.3) is 16.7 Å². The largest absolute Gasteiger partial charge is 0.506 e. The Kier molecular flexibility index (Phi) is 2.30. The molecule has 3 aromatic rings. The summed E-state index contributed by atoms with van der Waals surface area (Å²) in [6.07, 6.45) is 1.52. The molecule has 1 aromatic heterocycles. The van der Waals surface area contributed by atoms with Gasteiger partial charge in [-0.15, -0.1) is 0 Å². The monoisotopic (exact) mass is 242 g/mol. The summed E-state index contributed by atoms with van der Waals surface area (Å²) in [5.41, 5.74) is 2.73. The van der Waals surface area contributed by atoms with Crippen LogP contribution in [0.2, 0.25) is 0 Å². The van der Waals surface area contributed by atoms with Crippen LogP contribution in [0.5, 0.6) is 5.75 Å². The Morgan fingerprint density at radius 3 is 2.72 bits per heavy atom. The number of benzene rings is 2. The minimum absolute atomic E-state index is 0.101. The predicted octanol–water partition coefficient (Wildman–Crippen LogP) is 3.18. The third kappa shape index (κ3) is 1.46. The van der Waals surface area contributed by atoms with Crippen LogP contribution in [0, 0.1) is 12.7 Å². The number of hydrogen-bond donors (Lipinski definition) is 1. The molecule has 0 unspecified atom stereocenters. The molecule has 0 amide bonds. The normalized spacial score (nSPS) is 11.0. The van der Waals surface area contributed by atoms with Crippen LogP contribution in [0.15, 0.2) is 42.7 Å². The molecule has 3 nitrogen and oxygen atoms in total. The maximum atomic E-state index is 13.8. The van der Waals surface area contributed by atoms with E-state index in [1.165, 1.54) is 24.5 Å². The minimum Gasteiger partial charge on any atom is -0.506 e. The Hall–Kier alpha value is -2.36. The molecule has 4 heteroatoms. The molecular weight excluding hydrogens is 231 g/mol.